The summed E-state index contributed by atoms with van der Waals surface area (Å²) >= 11 is 0. The van der Waals surface area contributed by atoms with Gasteiger partial charge in [-0.25, -0.2) is 0 Å². The summed E-state index contributed by atoms with van der Waals surface area (Å²) in [4.78, 5) is 11.7. The van der Waals surface area contributed by atoms with Gasteiger partial charge in [-0.2, -0.15) is 0 Å². The molecule has 0 aromatic heterocycles. The van der Waals surface area contributed by atoms with Gasteiger partial charge in [0, 0.05) is 0 Å². The molecule has 0 unspecified atom stereocenters. The molecular weight excluding hydrogens is 176 g/mol. The molecule has 0 spiro atoms. The second-order valence-electron chi connectivity index (χ2n) is 4.34. The van der Waals surface area contributed by atoms with E-state index in [9.17, 15) is 4.79 Å². The molecule has 0 saturated heterocycles. The van der Waals surface area contributed by atoms with Crippen molar-refractivity contribution in [3.63, 3.8) is 0 Å². The van der Waals surface area contributed by atoms with E-state index in [1.54, 1.807) is 0 Å². The maximum absolute atomic E-state index is 11.7. The van der Waals surface area contributed by atoms with Crippen molar-refractivity contribution in [2.24, 2.45) is 5.92 Å². The van der Waals surface area contributed by atoms with E-state index >= 15 is 0 Å². The number of hydrogen-bond donors (Lipinski definition) is 0. The standard InChI is InChI=1S/C12H22O2/c1-3-10(2)14-12(13)11-8-6-4-5-7-9-11/h10-11H,3-9H2,1-2H3/t10-/m1/s1. The molecule has 0 aromatic rings. The predicted molar refractivity (Wildman–Crippen MR) is 57.0 cm³/mol. The summed E-state index contributed by atoms with van der Waals surface area (Å²) in [5.41, 5.74) is 0. The minimum Gasteiger partial charge on any atom is -0.462 e. The molecule has 0 radical (unpaired) electrons. The van der Waals surface area contributed by atoms with Crippen LogP contribution in [-0.4, -0.2) is 12.1 Å². The monoisotopic (exact) mass is 198 g/mol. The molecule has 0 amide bonds. The minimum absolute atomic E-state index is 0.0428. The molecule has 1 rings (SSSR count). The highest BCUT2D eigenvalue weighted by molar-refractivity contribution is 5.72. The fourth-order valence-electron chi connectivity index (χ4n) is 1.89. The first-order valence-corrected chi connectivity index (χ1v) is 5.94. The van der Waals surface area contributed by atoms with Crippen LogP contribution in [0, 0.1) is 5.92 Å². The summed E-state index contributed by atoms with van der Waals surface area (Å²) in [5.74, 6) is 0.229. The Labute approximate surface area is 87.0 Å². The molecule has 1 aliphatic carbocycles. The molecule has 1 atom stereocenters. The van der Waals surface area contributed by atoms with Gasteiger partial charge in [0.05, 0.1) is 12.0 Å². The third-order valence-corrected chi connectivity index (χ3v) is 3.08. The van der Waals surface area contributed by atoms with Crippen molar-refractivity contribution in [1.29, 1.82) is 0 Å². The Hall–Kier alpha value is -0.530. The summed E-state index contributed by atoms with van der Waals surface area (Å²) in [6, 6.07) is 0. The van der Waals surface area contributed by atoms with Gasteiger partial charge in [-0.15, -0.1) is 0 Å². The SMILES string of the molecule is CC[C@@H](C)OC(=O)C1CCCCCC1. The Kier molecular flexibility index (Phi) is 4.99. The van der Waals surface area contributed by atoms with Gasteiger partial charge in [-0.1, -0.05) is 32.6 Å². The van der Waals surface area contributed by atoms with E-state index in [0.717, 1.165) is 19.3 Å². The Morgan fingerprint density at radius 3 is 2.36 bits per heavy atom. The molecule has 0 heterocycles. The zero-order chi connectivity index (χ0) is 10.4. The van der Waals surface area contributed by atoms with Crippen molar-refractivity contribution >= 4 is 5.97 Å². The van der Waals surface area contributed by atoms with Crippen molar-refractivity contribution in [2.75, 3.05) is 0 Å². The van der Waals surface area contributed by atoms with E-state index in [2.05, 4.69) is 0 Å². The summed E-state index contributed by atoms with van der Waals surface area (Å²) in [5, 5.41) is 0. The molecule has 2 nitrogen and oxygen atoms in total. The van der Waals surface area contributed by atoms with Crippen molar-refractivity contribution < 1.29 is 9.53 Å². The molecule has 2 heteroatoms. The molecule has 0 aliphatic heterocycles. The fraction of sp³-hybridized carbons (Fsp3) is 0.917. The van der Waals surface area contributed by atoms with Crippen molar-refractivity contribution in [3.8, 4) is 0 Å². The first-order chi connectivity index (χ1) is 6.74. The van der Waals surface area contributed by atoms with Gasteiger partial charge in [0.15, 0.2) is 0 Å². The van der Waals surface area contributed by atoms with E-state index in [0.29, 0.717) is 0 Å². The highest BCUT2D eigenvalue weighted by Crippen LogP contribution is 2.24. The Morgan fingerprint density at radius 2 is 1.86 bits per heavy atom. The van der Waals surface area contributed by atoms with Crippen LogP contribution < -0.4 is 0 Å². The number of esters is 1. The van der Waals surface area contributed by atoms with Crippen LogP contribution >= 0.6 is 0 Å². The van der Waals surface area contributed by atoms with Crippen LogP contribution in [0.4, 0.5) is 0 Å². The number of rotatable bonds is 3. The maximum atomic E-state index is 11.7. The highest BCUT2D eigenvalue weighted by atomic mass is 16.5. The zero-order valence-electron chi connectivity index (χ0n) is 9.42. The lowest BCUT2D eigenvalue weighted by Crippen LogP contribution is -2.21. The summed E-state index contributed by atoms with van der Waals surface area (Å²) in [7, 11) is 0. The smallest absolute Gasteiger partial charge is 0.309 e. The topological polar surface area (TPSA) is 26.3 Å². The molecule has 1 aliphatic rings. The molecule has 82 valence electrons. The predicted octanol–water partition coefficient (Wildman–Crippen LogP) is 3.30. The quantitative estimate of drug-likeness (QED) is 0.514. The summed E-state index contributed by atoms with van der Waals surface area (Å²) in [6.07, 6.45) is 8.04. The van der Waals surface area contributed by atoms with E-state index < -0.39 is 0 Å². The van der Waals surface area contributed by atoms with Gasteiger partial charge in [-0.3, -0.25) is 4.79 Å². The van der Waals surface area contributed by atoms with Gasteiger partial charge in [0.1, 0.15) is 0 Å². The number of ether oxygens (including phenoxy) is 1. The van der Waals surface area contributed by atoms with Crippen LogP contribution in [0.25, 0.3) is 0 Å². The van der Waals surface area contributed by atoms with E-state index in [1.807, 2.05) is 13.8 Å². The lowest BCUT2D eigenvalue weighted by molar-refractivity contribution is -0.153. The first-order valence-electron chi connectivity index (χ1n) is 5.94. The molecule has 0 bridgehead atoms. The lowest BCUT2D eigenvalue weighted by atomic mass is 10.0. The van der Waals surface area contributed by atoms with Crippen molar-refractivity contribution in [2.45, 2.75) is 64.9 Å². The van der Waals surface area contributed by atoms with Crippen LogP contribution in [0.3, 0.4) is 0 Å². The van der Waals surface area contributed by atoms with Gasteiger partial charge in [0.25, 0.3) is 0 Å². The second kappa shape index (κ2) is 6.05. The Morgan fingerprint density at radius 1 is 1.29 bits per heavy atom. The Balaban J connectivity index is 2.34. The van der Waals surface area contributed by atoms with Crippen molar-refractivity contribution in [3.05, 3.63) is 0 Å². The molecule has 0 N–H and O–H groups in total. The Bertz CT molecular complexity index is 169. The lowest BCUT2D eigenvalue weighted by Gasteiger charge is -2.16. The summed E-state index contributed by atoms with van der Waals surface area (Å²) in [6.45, 7) is 4.01. The number of carbonyl (C=O) groups excluding carboxylic acids is 1. The normalized spacial score (nSPS) is 21.3. The second-order valence-corrected chi connectivity index (χ2v) is 4.34. The van der Waals surface area contributed by atoms with E-state index in [1.165, 1.54) is 25.7 Å². The third-order valence-electron chi connectivity index (χ3n) is 3.08. The molecule has 1 fully saturated rings. The van der Waals surface area contributed by atoms with Gasteiger partial charge in [0.2, 0.25) is 0 Å². The van der Waals surface area contributed by atoms with Crippen LogP contribution in [0.2, 0.25) is 0 Å². The molecular formula is C12H22O2. The largest absolute Gasteiger partial charge is 0.462 e. The zero-order valence-corrected chi connectivity index (χ0v) is 9.42. The van der Waals surface area contributed by atoms with Crippen molar-refractivity contribution in [1.82, 2.24) is 0 Å². The minimum atomic E-state index is 0.0428. The molecule has 14 heavy (non-hydrogen) atoms. The van der Waals surface area contributed by atoms with Crippen LogP contribution in [0.15, 0.2) is 0 Å². The number of hydrogen-bond acceptors (Lipinski definition) is 2. The first kappa shape index (κ1) is 11.5. The highest BCUT2D eigenvalue weighted by Gasteiger charge is 2.22. The maximum Gasteiger partial charge on any atom is 0.309 e. The van der Waals surface area contributed by atoms with E-state index in [-0.39, 0.29) is 18.0 Å². The molecule has 0 aromatic carbocycles. The average Bonchev–Trinajstić information content (AvgIpc) is 2.45. The van der Waals surface area contributed by atoms with Gasteiger partial charge >= 0.3 is 5.97 Å². The third kappa shape index (κ3) is 3.69. The average molecular weight is 198 g/mol. The fourth-order valence-corrected chi connectivity index (χ4v) is 1.89. The molecule has 1 saturated carbocycles. The van der Waals surface area contributed by atoms with Crippen LogP contribution in [0.5, 0.6) is 0 Å². The van der Waals surface area contributed by atoms with Crippen LogP contribution in [0.1, 0.15) is 58.8 Å². The number of carbonyl (C=O) groups is 1. The summed E-state index contributed by atoms with van der Waals surface area (Å²) < 4.78 is 5.36. The van der Waals surface area contributed by atoms with Crippen LogP contribution in [-0.2, 0) is 9.53 Å². The van der Waals surface area contributed by atoms with Gasteiger partial charge < -0.3 is 4.74 Å². The van der Waals surface area contributed by atoms with E-state index in [4.69, 9.17) is 4.74 Å². The van der Waals surface area contributed by atoms with Gasteiger partial charge in [-0.05, 0) is 26.2 Å².